The first-order valence-electron chi connectivity index (χ1n) is 13.0. The average molecular weight is 530 g/mol. The number of aromatic nitrogens is 3. The van der Waals surface area contributed by atoms with Crippen molar-refractivity contribution in [1.29, 1.82) is 0 Å². The number of benzene rings is 1. The van der Waals surface area contributed by atoms with Gasteiger partial charge in [-0.2, -0.15) is 0 Å². The molecular weight excluding hydrogens is 498 g/mol. The van der Waals surface area contributed by atoms with E-state index in [1.807, 2.05) is 48.4 Å². The van der Waals surface area contributed by atoms with E-state index >= 15 is 0 Å². The number of ether oxygens (including phenoxy) is 1. The molecule has 2 saturated heterocycles. The Morgan fingerprint density at radius 3 is 2.24 bits per heavy atom. The van der Waals surface area contributed by atoms with Crippen molar-refractivity contribution in [3.8, 4) is 5.75 Å². The standard InChI is InChI=1S/C28H31N7O2S/c1-20-24-26(34-15-11-32(12-16-34)21-6-8-22(37-2)9-7-21)30-19-31-27(24)38-25(20)28(36)35-17-13-33(14-18-35)23-5-3-4-10-29-23/h3-10,19H,11-18H2,1-2H3. The molecule has 0 unspecified atom stereocenters. The molecule has 196 valence electrons. The summed E-state index contributed by atoms with van der Waals surface area (Å²) >= 11 is 1.48. The van der Waals surface area contributed by atoms with Crippen molar-refractivity contribution in [2.45, 2.75) is 6.92 Å². The first-order valence-corrected chi connectivity index (χ1v) is 13.8. The lowest BCUT2D eigenvalue weighted by atomic mass is 10.1. The third-order valence-electron chi connectivity index (χ3n) is 7.46. The molecule has 1 aromatic carbocycles. The largest absolute Gasteiger partial charge is 0.497 e. The van der Waals surface area contributed by atoms with E-state index in [-0.39, 0.29) is 5.91 Å². The van der Waals surface area contributed by atoms with Gasteiger partial charge in [0.05, 0.1) is 17.4 Å². The van der Waals surface area contributed by atoms with Crippen LogP contribution in [-0.2, 0) is 0 Å². The fourth-order valence-electron chi connectivity index (χ4n) is 5.29. The maximum Gasteiger partial charge on any atom is 0.264 e. The quantitative estimate of drug-likeness (QED) is 0.388. The number of pyridine rings is 1. The highest BCUT2D eigenvalue weighted by Gasteiger charge is 2.28. The molecule has 9 nitrogen and oxygen atoms in total. The molecule has 2 fully saturated rings. The van der Waals surface area contributed by atoms with Gasteiger partial charge in [-0.25, -0.2) is 15.0 Å². The van der Waals surface area contributed by atoms with Crippen molar-refractivity contribution in [2.75, 3.05) is 74.2 Å². The molecule has 1 amide bonds. The van der Waals surface area contributed by atoms with Gasteiger partial charge >= 0.3 is 0 Å². The molecule has 10 heteroatoms. The highest BCUT2D eigenvalue weighted by atomic mass is 32.1. The molecule has 5 heterocycles. The minimum absolute atomic E-state index is 0.0847. The van der Waals surface area contributed by atoms with Gasteiger partial charge in [-0.1, -0.05) is 6.07 Å². The molecule has 0 N–H and O–H groups in total. The third kappa shape index (κ3) is 4.60. The fraction of sp³-hybridized carbons (Fsp3) is 0.357. The Morgan fingerprint density at radius 1 is 0.842 bits per heavy atom. The summed E-state index contributed by atoms with van der Waals surface area (Å²) in [7, 11) is 1.69. The summed E-state index contributed by atoms with van der Waals surface area (Å²) in [4.78, 5) is 37.8. The number of piperazine rings is 2. The minimum Gasteiger partial charge on any atom is -0.497 e. The predicted molar refractivity (Wildman–Crippen MR) is 152 cm³/mol. The van der Waals surface area contributed by atoms with Crippen LogP contribution >= 0.6 is 11.3 Å². The van der Waals surface area contributed by atoms with Crippen LogP contribution in [-0.4, -0.2) is 85.2 Å². The van der Waals surface area contributed by atoms with Crippen LogP contribution in [0.15, 0.2) is 55.0 Å². The number of methoxy groups -OCH3 is 1. The summed E-state index contributed by atoms with van der Waals surface area (Å²) < 4.78 is 5.29. The Kier molecular flexibility index (Phi) is 6.71. The summed E-state index contributed by atoms with van der Waals surface area (Å²) in [5, 5.41) is 1.01. The van der Waals surface area contributed by atoms with Crippen LogP contribution in [0, 0.1) is 6.92 Å². The van der Waals surface area contributed by atoms with E-state index in [1.54, 1.807) is 13.4 Å². The molecule has 0 bridgehead atoms. The van der Waals surface area contributed by atoms with Crippen LogP contribution < -0.4 is 19.4 Å². The van der Waals surface area contributed by atoms with Gasteiger partial charge < -0.3 is 24.3 Å². The van der Waals surface area contributed by atoms with E-state index in [0.29, 0.717) is 13.1 Å². The minimum atomic E-state index is 0.0847. The van der Waals surface area contributed by atoms with Crippen molar-refractivity contribution in [2.24, 2.45) is 0 Å². The molecule has 0 aliphatic carbocycles. The van der Waals surface area contributed by atoms with Crippen LogP contribution in [0.3, 0.4) is 0 Å². The molecule has 0 atom stereocenters. The highest BCUT2D eigenvalue weighted by molar-refractivity contribution is 7.20. The lowest BCUT2D eigenvalue weighted by Gasteiger charge is -2.37. The summed E-state index contributed by atoms with van der Waals surface area (Å²) in [5.74, 6) is 2.84. The van der Waals surface area contributed by atoms with Gasteiger partial charge in [-0.3, -0.25) is 4.79 Å². The van der Waals surface area contributed by atoms with Gasteiger partial charge in [0, 0.05) is 64.2 Å². The van der Waals surface area contributed by atoms with E-state index in [4.69, 9.17) is 4.74 Å². The average Bonchev–Trinajstić information content (AvgIpc) is 3.34. The number of aryl methyl sites for hydroxylation is 1. The van der Waals surface area contributed by atoms with Gasteiger partial charge in [0.25, 0.3) is 5.91 Å². The van der Waals surface area contributed by atoms with Crippen LogP contribution in [0.5, 0.6) is 5.75 Å². The summed E-state index contributed by atoms with van der Waals surface area (Å²) in [6.45, 7) is 8.44. The van der Waals surface area contributed by atoms with E-state index < -0.39 is 0 Å². The smallest absolute Gasteiger partial charge is 0.264 e. The first kappa shape index (κ1) is 24.4. The van der Waals surface area contributed by atoms with E-state index in [2.05, 4.69) is 41.8 Å². The zero-order valence-corrected chi connectivity index (χ0v) is 22.5. The lowest BCUT2D eigenvalue weighted by molar-refractivity contribution is 0.0751. The van der Waals surface area contributed by atoms with Gasteiger partial charge in [0.15, 0.2) is 0 Å². The molecule has 2 aliphatic heterocycles. The second-order valence-corrected chi connectivity index (χ2v) is 10.6. The SMILES string of the molecule is COc1ccc(N2CCN(c3ncnc4sc(C(=O)N5CCN(c6ccccn6)CC5)c(C)c34)CC2)cc1. The molecule has 0 radical (unpaired) electrons. The summed E-state index contributed by atoms with van der Waals surface area (Å²) in [6, 6.07) is 14.2. The molecule has 0 spiro atoms. The second kappa shape index (κ2) is 10.4. The van der Waals surface area contributed by atoms with Gasteiger partial charge in [0.2, 0.25) is 0 Å². The molecule has 4 aromatic rings. The number of carbonyl (C=O) groups is 1. The van der Waals surface area contributed by atoms with Gasteiger partial charge in [-0.15, -0.1) is 11.3 Å². The molecular formula is C28H31N7O2S. The third-order valence-corrected chi connectivity index (χ3v) is 8.65. The van der Waals surface area contributed by atoms with Crippen molar-refractivity contribution in [3.63, 3.8) is 0 Å². The normalized spacial score (nSPS) is 16.3. The Balaban J connectivity index is 1.16. The van der Waals surface area contributed by atoms with Crippen LogP contribution in [0.4, 0.5) is 17.3 Å². The van der Waals surface area contributed by atoms with Gasteiger partial charge in [0.1, 0.15) is 28.5 Å². The second-order valence-electron chi connectivity index (χ2n) is 9.57. The monoisotopic (exact) mass is 529 g/mol. The van der Waals surface area contributed by atoms with Crippen molar-refractivity contribution >= 4 is 44.8 Å². The topological polar surface area (TPSA) is 77.9 Å². The number of anilines is 3. The zero-order valence-electron chi connectivity index (χ0n) is 21.7. The maximum atomic E-state index is 13.6. The van der Waals surface area contributed by atoms with E-state index in [1.165, 1.54) is 17.0 Å². The molecule has 0 saturated carbocycles. The first-order chi connectivity index (χ1) is 18.6. The molecule has 3 aromatic heterocycles. The fourth-order valence-corrected chi connectivity index (χ4v) is 6.40. The van der Waals surface area contributed by atoms with Crippen LogP contribution in [0.25, 0.3) is 10.2 Å². The van der Waals surface area contributed by atoms with Crippen molar-refractivity contribution in [1.82, 2.24) is 19.9 Å². The number of thiophene rings is 1. The number of hydrogen-bond acceptors (Lipinski definition) is 9. The predicted octanol–water partition coefficient (Wildman–Crippen LogP) is 3.69. The van der Waals surface area contributed by atoms with Crippen LogP contribution in [0.2, 0.25) is 0 Å². The molecule has 6 rings (SSSR count). The number of amides is 1. The summed E-state index contributed by atoms with van der Waals surface area (Å²) in [5.41, 5.74) is 2.18. The zero-order chi connectivity index (χ0) is 26.1. The number of hydrogen-bond donors (Lipinski definition) is 0. The molecule has 2 aliphatic rings. The Morgan fingerprint density at radius 2 is 1.55 bits per heavy atom. The lowest BCUT2D eigenvalue weighted by Crippen LogP contribution is -2.49. The summed E-state index contributed by atoms with van der Waals surface area (Å²) in [6.07, 6.45) is 3.44. The highest BCUT2D eigenvalue weighted by Crippen LogP contribution is 2.36. The van der Waals surface area contributed by atoms with Crippen LogP contribution in [0.1, 0.15) is 15.2 Å². The number of fused-ring (bicyclic) bond motifs is 1. The Hall–Kier alpha value is -3.92. The molecule has 38 heavy (non-hydrogen) atoms. The van der Waals surface area contributed by atoms with Crippen molar-refractivity contribution in [3.05, 3.63) is 65.4 Å². The number of rotatable bonds is 5. The van der Waals surface area contributed by atoms with E-state index in [0.717, 1.165) is 77.3 Å². The number of carbonyl (C=O) groups excluding carboxylic acids is 1. The number of nitrogens with zero attached hydrogens (tertiary/aromatic N) is 7. The van der Waals surface area contributed by atoms with E-state index in [9.17, 15) is 4.79 Å². The Labute approximate surface area is 226 Å². The maximum absolute atomic E-state index is 13.6. The Bertz CT molecular complexity index is 1410. The van der Waals surface area contributed by atoms with Gasteiger partial charge in [-0.05, 0) is 48.9 Å². The van der Waals surface area contributed by atoms with Crippen molar-refractivity contribution < 1.29 is 9.53 Å².